The van der Waals surface area contributed by atoms with Crippen LogP contribution in [0.3, 0.4) is 0 Å². The van der Waals surface area contributed by atoms with Crippen LogP contribution in [0.15, 0.2) is 10.5 Å². The molecule has 0 radical (unpaired) electrons. The first-order valence-electron chi connectivity index (χ1n) is 11.7. The molecule has 0 aliphatic heterocycles. The number of hydrogen-bond donors (Lipinski definition) is 1. The number of fused-ring (bicyclic) bond motifs is 1. The van der Waals surface area contributed by atoms with Crippen molar-refractivity contribution in [3.8, 4) is 5.75 Å². The molecular formula is C26H39BrN2OSi. The number of anilines is 2. The van der Waals surface area contributed by atoms with Crippen molar-refractivity contribution in [1.82, 2.24) is 4.98 Å². The first kappa shape index (κ1) is 24.3. The van der Waals surface area contributed by atoms with Crippen LogP contribution in [-0.2, 0) is 12.8 Å². The average molecular weight is 504 g/mol. The van der Waals surface area contributed by atoms with Gasteiger partial charge in [-0.05, 0) is 101 Å². The molecule has 1 heterocycles. The summed E-state index contributed by atoms with van der Waals surface area (Å²) in [5.74, 6) is 2.02. The molecule has 1 aliphatic rings. The second kappa shape index (κ2) is 8.90. The number of aryl methyl sites for hydroxylation is 2. The molecule has 0 saturated carbocycles. The maximum Gasteiger partial charge on any atom is 0.258 e. The molecule has 5 heteroatoms. The summed E-state index contributed by atoms with van der Waals surface area (Å²) in [6, 6.07) is 2.14. The molecule has 1 aliphatic carbocycles. The van der Waals surface area contributed by atoms with Gasteiger partial charge in [0.05, 0.1) is 4.47 Å². The number of halogens is 1. The molecule has 0 unspecified atom stereocenters. The molecule has 3 rings (SSSR count). The molecule has 0 fully saturated rings. The van der Waals surface area contributed by atoms with Crippen LogP contribution < -0.4 is 9.74 Å². The van der Waals surface area contributed by atoms with Crippen molar-refractivity contribution in [3.63, 3.8) is 0 Å². The standard InChI is InChI=1S/C26H39BrN2OSi/c1-14(2)31(15(3)4,16(5)6)30-25-19(9)24(18(8)21-11-12-22(21)25)29-26-23(27)13-17(7)20(10)28-26/h13-16H,11-12H2,1-10H3,(H,28,29). The molecule has 2 aromatic rings. The van der Waals surface area contributed by atoms with Gasteiger partial charge in [0.25, 0.3) is 8.32 Å². The molecule has 1 aromatic carbocycles. The van der Waals surface area contributed by atoms with Crippen molar-refractivity contribution in [2.45, 2.75) is 98.7 Å². The molecule has 0 bridgehead atoms. The highest BCUT2D eigenvalue weighted by molar-refractivity contribution is 9.10. The van der Waals surface area contributed by atoms with Crippen molar-refractivity contribution in [2.24, 2.45) is 0 Å². The molecule has 1 aromatic heterocycles. The molecule has 1 N–H and O–H groups in total. The largest absolute Gasteiger partial charge is 0.542 e. The van der Waals surface area contributed by atoms with Gasteiger partial charge < -0.3 is 9.74 Å². The number of rotatable bonds is 7. The van der Waals surface area contributed by atoms with Crippen LogP contribution in [0.25, 0.3) is 0 Å². The van der Waals surface area contributed by atoms with Gasteiger partial charge in [-0.3, -0.25) is 0 Å². The lowest BCUT2D eigenvalue weighted by molar-refractivity contribution is 0.466. The van der Waals surface area contributed by atoms with Gasteiger partial charge in [0.15, 0.2) is 0 Å². The van der Waals surface area contributed by atoms with Crippen LogP contribution in [0.1, 0.15) is 75.1 Å². The summed E-state index contributed by atoms with van der Waals surface area (Å²) in [4.78, 5) is 4.82. The molecule has 31 heavy (non-hydrogen) atoms. The maximum atomic E-state index is 7.25. The van der Waals surface area contributed by atoms with Gasteiger partial charge >= 0.3 is 0 Å². The zero-order valence-corrected chi connectivity index (χ0v) is 23.5. The van der Waals surface area contributed by atoms with E-state index >= 15 is 0 Å². The summed E-state index contributed by atoms with van der Waals surface area (Å²) in [6.07, 6.45) is 2.25. The fourth-order valence-corrected chi connectivity index (χ4v) is 11.4. The monoisotopic (exact) mass is 502 g/mol. The van der Waals surface area contributed by atoms with Gasteiger partial charge in [0.1, 0.15) is 11.6 Å². The summed E-state index contributed by atoms with van der Waals surface area (Å²) >= 11 is 3.71. The number of pyridine rings is 1. The number of nitrogens with one attached hydrogen (secondary N) is 1. The summed E-state index contributed by atoms with van der Waals surface area (Å²) in [5, 5.41) is 3.67. The van der Waals surface area contributed by atoms with E-state index in [-0.39, 0.29) is 0 Å². The summed E-state index contributed by atoms with van der Waals surface area (Å²) in [7, 11) is -2.03. The zero-order valence-electron chi connectivity index (χ0n) is 21.0. The van der Waals surface area contributed by atoms with E-state index in [9.17, 15) is 0 Å². The van der Waals surface area contributed by atoms with Crippen LogP contribution in [0.5, 0.6) is 5.75 Å². The second-order valence-corrected chi connectivity index (χ2v) is 16.4. The summed E-state index contributed by atoms with van der Waals surface area (Å²) < 4.78 is 8.25. The molecule has 0 atom stereocenters. The minimum Gasteiger partial charge on any atom is -0.542 e. The second-order valence-electron chi connectivity index (χ2n) is 10.2. The van der Waals surface area contributed by atoms with E-state index in [0.717, 1.165) is 40.3 Å². The average Bonchev–Trinajstić information content (AvgIpc) is 2.63. The highest BCUT2D eigenvalue weighted by Crippen LogP contribution is 2.49. The fourth-order valence-electron chi connectivity index (χ4n) is 5.55. The number of hydrogen-bond acceptors (Lipinski definition) is 3. The molecular weight excluding hydrogens is 464 g/mol. The van der Waals surface area contributed by atoms with Crippen LogP contribution in [0.2, 0.25) is 16.6 Å². The van der Waals surface area contributed by atoms with Crippen LogP contribution >= 0.6 is 15.9 Å². The van der Waals surface area contributed by atoms with Crippen molar-refractivity contribution in [3.05, 3.63) is 44.1 Å². The van der Waals surface area contributed by atoms with Gasteiger partial charge in [-0.25, -0.2) is 4.98 Å². The third-order valence-corrected chi connectivity index (χ3v) is 14.0. The number of aromatic nitrogens is 1. The highest BCUT2D eigenvalue weighted by atomic mass is 79.9. The normalized spacial score (nSPS) is 13.6. The minimum atomic E-state index is -2.03. The lowest BCUT2D eigenvalue weighted by Gasteiger charge is -2.44. The molecule has 0 amide bonds. The fraction of sp³-hybridized carbons (Fsp3) is 0.577. The Hall–Kier alpha value is -1.33. The third-order valence-electron chi connectivity index (χ3n) is 7.46. The number of nitrogens with zero attached hydrogens (tertiary/aromatic N) is 1. The van der Waals surface area contributed by atoms with Crippen molar-refractivity contribution in [1.29, 1.82) is 0 Å². The van der Waals surface area contributed by atoms with Gasteiger partial charge in [0.2, 0.25) is 0 Å². The van der Waals surface area contributed by atoms with Crippen molar-refractivity contribution < 1.29 is 4.43 Å². The Morgan fingerprint density at radius 1 is 0.903 bits per heavy atom. The lowest BCUT2D eigenvalue weighted by Crippen LogP contribution is -2.51. The lowest BCUT2D eigenvalue weighted by atomic mass is 9.81. The summed E-state index contributed by atoms with van der Waals surface area (Å²) in [6.45, 7) is 22.8. The van der Waals surface area contributed by atoms with Crippen molar-refractivity contribution >= 4 is 35.8 Å². The van der Waals surface area contributed by atoms with Gasteiger partial charge in [0, 0.05) is 16.9 Å². The Morgan fingerprint density at radius 3 is 1.94 bits per heavy atom. The van der Waals surface area contributed by atoms with E-state index in [1.807, 2.05) is 0 Å². The Kier molecular flexibility index (Phi) is 6.98. The van der Waals surface area contributed by atoms with Gasteiger partial charge in [-0.1, -0.05) is 41.5 Å². The minimum absolute atomic E-state index is 0.552. The van der Waals surface area contributed by atoms with Gasteiger partial charge in [-0.2, -0.15) is 0 Å². The third kappa shape index (κ3) is 4.08. The predicted molar refractivity (Wildman–Crippen MR) is 140 cm³/mol. The van der Waals surface area contributed by atoms with E-state index in [2.05, 4.69) is 96.6 Å². The number of benzene rings is 1. The predicted octanol–water partition coefficient (Wildman–Crippen LogP) is 8.47. The van der Waals surface area contributed by atoms with E-state index < -0.39 is 8.32 Å². The van der Waals surface area contributed by atoms with Crippen LogP contribution in [0.4, 0.5) is 11.5 Å². The Balaban J connectivity index is 2.14. The molecule has 0 spiro atoms. The summed E-state index contributed by atoms with van der Waals surface area (Å²) in [5.41, 5.74) is 10.5. The van der Waals surface area contributed by atoms with E-state index in [4.69, 9.17) is 9.41 Å². The van der Waals surface area contributed by atoms with E-state index in [0.29, 0.717) is 16.6 Å². The Bertz CT molecular complexity index is 976. The van der Waals surface area contributed by atoms with Crippen molar-refractivity contribution in [2.75, 3.05) is 5.32 Å². The first-order chi connectivity index (χ1) is 14.4. The zero-order chi connectivity index (χ0) is 23.2. The van der Waals surface area contributed by atoms with E-state index in [1.54, 1.807) is 0 Å². The smallest absolute Gasteiger partial charge is 0.258 e. The van der Waals surface area contributed by atoms with Crippen LogP contribution in [-0.4, -0.2) is 13.3 Å². The molecule has 170 valence electrons. The highest BCUT2D eigenvalue weighted by Gasteiger charge is 2.48. The SMILES string of the molecule is Cc1cc(Br)c(Nc2c(C)c3c(c(O[Si](C(C)C)(C(C)C)C(C)C)c2C)CC3)nc1C. The van der Waals surface area contributed by atoms with Gasteiger partial charge in [-0.15, -0.1) is 0 Å². The van der Waals surface area contributed by atoms with Crippen LogP contribution in [0, 0.1) is 27.7 Å². The topological polar surface area (TPSA) is 34.1 Å². The molecule has 3 nitrogen and oxygen atoms in total. The maximum absolute atomic E-state index is 7.25. The van der Waals surface area contributed by atoms with E-state index in [1.165, 1.54) is 27.8 Å². The Labute approximate surface area is 198 Å². The molecule has 0 saturated heterocycles. The first-order valence-corrected chi connectivity index (χ1v) is 14.6. The quantitative estimate of drug-likeness (QED) is 0.385. The Morgan fingerprint density at radius 2 is 1.45 bits per heavy atom.